The number of carbonyl (C=O) groups excluding carboxylic acids is 3. The van der Waals surface area contributed by atoms with Gasteiger partial charge in [-0.3, -0.25) is 9.59 Å². The molecule has 2 atom stereocenters. The molecule has 0 bridgehead atoms. The van der Waals surface area contributed by atoms with Crippen LogP contribution in [0.4, 0.5) is 0 Å². The standard InChI is InChI=1S/C10H16N2O4S/c1-6(17-2)3-4-9(14)16-12-8(13)5-7(11)10(12)15/h6-7H,3-5,11H2,1-2H3. The van der Waals surface area contributed by atoms with E-state index in [4.69, 9.17) is 10.6 Å². The quantitative estimate of drug-likeness (QED) is 0.703. The molecule has 6 nitrogen and oxygen atoms in total. The van der Waals surface area contributed by atoms with Crippen LogP contribution in [-0.2, 0) is 19.2 Å². The Balaban J connectivity index is 2.41. The first kappa shape index (κ1) is 14.0. The minimum Gasteiger partial charge on any atom is -0.330 e. The van der Waals surface area contributed by atoms with Gasteiger partial charge in [0.15, 0.2) is 0 Å². The molecule has 0 aromatic rings. The predicted molar refractivity (Wildman–Crippen MR) is 62.7 cm³/mol. The molecule has 0 aliphatic carbocycles. The van der Waals surface area contributed by atoms with E-state index in [1.54, 1.807) is 11.8 Å². The van der Waals surface area contributed by atoms with Crippen molar-refractivity contribution in [3.63, 3.8) is 0 Å². The molecule has 0 saturated carbocycles. The zero-order chi connectivity index (χ0) is 13.0. The molecule has 1 rings (SSSR count). The molecule has 7 heteroatoms. The van der Waals surface area contributed by atoms with Crippen LogP contribution in [0.1, 0.15) is 26.2 Å². The first-order valence-electron chi connectivity index (χ1n) is 5.31. The molecular weight excluding hydrogens is 244 g/mol. The van der Waals surface area contributed by atoms with Gasteiger partial charge in [0.25, 0.3) is 11.8 Å². The van der Waals surface area contributed by atoms with Crippen molar-refractivity contribution < 1.29 is 19.2 Å². The highest BCUT2D eigenvalue weighted by Crippen LogP contribution is 2.15. The molecule has 1 aliphatic heterocycles. The van der Waals surface area contributed by atoms with Crippen LogP contribution in [0.25, 0.3) is 0 Å². The normalized spacial score (nSPS) is 21.8. The van der Waals surface area contributed by atoms with Crippen LogP contribution >= 0.6 is 11.8 Å². The fraction of sp³-hybridized carbons (Fsp3) is 0.700. The van der Waals surface area contributed by atoms with Gasteiger partial charge in [-0.25, -0.2) is 4.79 Å². The van der Waals surface area contributed by atoms with Crippen molar-refractivity contribution in [3.05, 3.63) is 0 Å². The lowest BCUT2D eigenvalue weighted by Crippen LogP contribution is -2.37. The molecule has 96 valence electrons. The molecule has 0 aromatic carbocycles. The molecule has 1 heterocycles. The van der Waals surface area contributed by atoms with Gasteiger partial charge in [-0.1, -0.05) is 6.92 Å². The van der Waals surface area contributed by atoms with E-state index in [1.165, 1.54) is 0 Å². The maximum atomic E-state index is 11.4. The molecule has 1 fully saturated rings. The van der Waals surface area contributed by atoms with Gasteiger partial charge in [-0.2, -0.15) is 11.8 Å². The van der Waals surface area contributed by atoms with Crippen LogP contribution < -0.4 is 5.73 Å². The van der Waals surface area contributed by atoms with Crippen molar-refractivity contribution in [2.24, 2.45) is 5.73 Å². The fourth-order valence-electron chi connectivity index (χ4n) is 1.31. The van der Waals surface area contributed by atoms with E-state index in [2.05, 4.69) is 0 Å². The van der Waals surface area contributed by atoms with Crippen LogP contribution in [0.5, 0.6) is 0 Å². The Labute approximate surface area is 104 Å². The number of amides is 2. The first-order chi connectivity index (χ1) is 7.95. The number of rotatable bonds is 5. The molecule has 2 amide bonds. The van der Waals surface area contributed by atoms with Crippen molar-refractivity contribution >= 4 is 29.5 Å². The molecule has 0 aromatic heterocycles. The molecule has 1 saturated heterocycles. The summed E-state index contributed by atoms with van der Waals surface area (Å²) in [5, 5.41) is 0.811. The first-order valence-corrected chi connectivity index (χ1v) is 6.60. The van der Waals surface area contributed by atoms with E-state index in [0.717, 1.165) is 0 Å². The molecule has 0 radical (unpaired) electrons. The largest absolute Gasteiger partial charge is 0.333 e. The van der Waals surface area contributed by atoms with Crippen molar-refractivity contribution in [2.45, 2.75) is 37.5 Å². The summed E-state index contributed by atoms with van der Waals surface area (Å²) in [6.07, 6.45) is 2.66. The number of carbonyl (C=O) groups is 3. The van der Waals surface area contributed by atoms with Gasteiger partial charge in [0.2, 0.25) is 0 Å². The second-order valence-corrected chi connectivity index (χ2v) is 5.16. The average molecular weight is 260 g/mol. The summed E-state index contributed by atoms with van der Waals surface area (Å²) in [5.41, 5.74) is 5.37. The topological polar surface area (TPSA) is 89.7 Å². The van der Waals surface area contributed by atoms with Crippen molar-refractivity contribution in [3.8, 4) is 0 Å². The maximum absolute atomic E-state index is 11.4. The van der Waals surface area contributed by atoms with Crippen LogP contribution in [0.15, 0.2) is 0 Å². The number of hydrogen-bond donors (Lipinski definition) is 1. The summed E-state index contributed by atoms with van der Waals surface area (Å²) in [7, 11) is 0. The Kier molecular flexibility index (Phi) is 4.95. The molecule has 2 N–H and O–H groups in total. The van der Waals surface area contributed by atoms with Gasteiger partial charge in [0.05, 0.1) is 12.5 Å². The van der Waals surface area contributed by atoms with E-state index in [-0.39, 0.29) is 12.8 Å². The summed E-state index contributed by atoms with van der Waals surface area (Å²) in [5.74, 6) is -1.79. The number of nitrogens with two attached hydrogens (primary N) is 1. The number of thioether (sulfide) groups is 1. The lowest BCUT2D eigenvalue weighted by Gasteiger charge is -2.13. The number of hydroxylamine groups is 2. The summed E-state index contributed by atoms with van der Waals surface area (Å²) in [6.45, 7) is 1.99. The zero-order valence-corrected chi connectivity index (χ0v) is 10.7. The van der Waals surface area contributed by atoms with Crippen molar-refractivity contribution in [1.29, 1.82) is 0 Å². The van der Waals surface area contributed by atoms with E-state index in [0.29, 0.717) is 16.7 Å². The fourth-order valence-corrected chi connectivity index (χ4v) is 1.67. The number of nitrogens with zero attached hydrogens (tertiary/aromatic N) is 1. The van der Waals surface area contributed by atoms with E-state index in [1.807, 2.05) is 13.2 Å². The third kappa shape index (κ3) is 3.71. The van der Waals surface area contributed by atoms with Gasteiger partial charge in [0, 0.05) is 11.7 Å². The highest BCUT2D eigenvalue weighted by Gasteiger charge is 2.39. The third-order valence-corrected chi connectivity index (χ3v) is 3.53. The lowest BCUT2D eigenvalue weighted by atomic mass is 10.2. The zero-order valence-electron chi connectivity index (χ0n) is 9.84. The monoisotopic (exact) mass is 260 g/mol. The van der Waals surface area contributed by atoms with Gasteiger partial charge in [-0.05, 0) is 12.7 Å². The highest BCUT2D eigenvalue weighted by atomic mass is 32.2. The number of hydrogen-bond acceptors (Lipinski definition) is 6. The van der Waals surface area contributed by atoms with Gasteiger partial charge < -0.3 is 10.6 Å². The van der Waals surface area contributed by atoms with Crippen molar-refractivity contribution in [2.75, 3.05) is 6.26 Å². The Bertz CT molecular complexity index is 334. The summed E-state index contributed by atoms with van der Waals surface area (Å²) >= 11 is 1.64. The molecule has 17 heavy (non-hydrogen) atoms. The Morgan fingerprint density at radius 1 is 1.65 bits per heavy atom. The van der Waals surface area contributed by atoms with E-state index < -0.39 is 23.8 Å². The minimum atomic E-state index is -0.888. The second kappa shape index (κ2) is 6.02. The van der Waals surface area contributed by atoms with Crippen LogP contribution in [0, 0.1) is 0 Å². The SMILES string of the molecule is CSC(C)CCC(=O)ON1C(=O)CC(N)C1=O. The Hall–Kier alpha value is -1.08. The molecule has 2 unspecified atom stereocenters. The Morgan fingerprint density at radius 2 is 2.29 bits per heavy atom. The Morgan fingerprint density at radius 3 is 2.76 bits per heavy atom. The van der Waals surface area contributed by atoms with Gasteiger partial charge in [0.1, 0.15) is 0 Å². The van der Waals surface area contributed by atoms with E-state index in [9.17, 15) is 14.4 Å². The lowest BCUT2D eigenvalue weighted by molar-refractivity contribution is -0.197. The molecule has 0 spiro atoms. The van der Waals surface area contributed by atoms with Gasteiger partial charge in [-0.15, -0.1) is 5.06 Å². The summed E-state index contributed by atoms with van der Waals surface area (Å²) < 4.78 is 0. The smallest absolute Gasteiger partial charge is 0.330 e. The summed E-state index contributed by atoms with van der Waals surface area (Å²) in [4.78, 5) is 38.7. The van der Waals surface area contributed by atoms with Crippen LogP contribution in [0.3, 0.4) is 0 Å². The summed E-state index contributed by atoms with van der Waals surface area (Å²) in [6, 6.07) is -0.888. The third-order valence-electron chi connectivity index (χ3n) is 2.49. The van der Waals surface area contributed by atoms with Crippen molar-refractivity contribution in [1.82, 2.24) is 5.06 Å². The van der Waals surface area contributed by atoms with Crippen LogP contribution in [-0.4, -0.2) is 40.4 Å². The minimum absolute atomic E-state index is 0.104. The predicted octanol–water partition coefficient (Wildman–Crippen LogP) is 0.0625. The maximum Gasteiger partial charge on any atom is 0.333 e. The van der Waals surface area contributed by atoms with Crippen LogP contribution in [0.2, 0.25) is 0 Å². The van der Waals surface area contributed by atoms with E-state index >= 15 is 0 Å². The molecular formula is C10H16N2O4S. The van der Waals surface area contributed by atoms with Gasteiger partial charge >= 0.3 is 5.97 Å². The average Bonchev–Trinajstić information content (AvgIpc) is 2.53. The highest BCUT2D eigenvalue weighted by molar-refractivity contribution is 7.99. The molecule has 1 aliphatic rings. The number of imide groups is 1. The second-order valence-electron chi connectivity index (χ2n) is 3.89.